The second-order valence-electron chi connectivity index (χ2n) is 8.35. The monoisotopic (exact) mass is 603 g/mol. The molecule has 40 heavy (non-hydrogen) atoms. The number of anilines is 3. The fourth-order valence-electron chi connectivity index (χ4n) is 3.61. The SMILES string of the molecule is COc1ccc(N(CC(=O)Nc2ccc(S(=O)(=O)Nc3cccc(Cl)c3)cc2)S(=O)(=O)c2ccc(F)cc2)cc1. The fourth-order valence-corrected chi connectivity index (χ4v) is 6.27. The van der Waals surface area contributed by atoms with E-state index in [9.17, 15) is 26.0 Å². The zero-order chi connectivity index (χ0) is 28.9. The highest BCUT2D eigenvalue weighted by molar-refractivity contribution is 7.93. The molecule has 1 amide bonds. The van der Waals surface area contributed by atoms with Crippen molar-refractivity contribution < 1.29 is 30.8 Å². The van der Waals surface area contributed by atoms with Crippen molar-refractivity contribution >= 4 is 54.6 Å². The quantitative estimate of drug-likeness (QED) is 0.259. The molecule has 0 aliphatic heterocycles. The van der Waals surface area contributed by atoms with Gasteiger partial charge < -0.3 is 10.1 Å². The highest BCUT2D eigenvalue weighted by atomic mass is 35.5. The van der Waals surface area contributed by atoms with Crippen LogP contribution in [0.3, 0.4) is 0 Å². The predicted molar refractivity (Wildman–Crippen MR) is 151 cm³/mol. The molecule has 0 bridgehead atoms. The van der Waals surface area contributed by atoms with Crippen molar-refractivity contribution in [2.24, 2.45) is 0 Å². The Balaban J connectivity index is 1.53. The third kappa shape index (κ3) is 6.89. The molecule has 2 N–H and O–H groups in total. The summed E-state index contributed by atoms with van der Waals surface area (Å²) in [5.41, 5.74) is 0.695. The molecule has 0 unspecified atom stereocenters. The summed E-state index contributed by atoms with van der Waals surface area (Å²) in [6, 6.07) is 21.8. The van der Waals surface area contributed by atoms with E-state index in [1.807, 2.05) is 0 Å². The van der Waals surface area contributed by atoms with Gasteiger partial charge in [0.1, 0.15) is 18.1 Å². The summed E-state index contributed by atoms with van der Waals surface area (Å²) < 4.78 is 74.1. The van der Waals surface area contributed by atoms with Gasteiger partial charge >= 0.3 is 0 Å². The number of carbonyl (C=O) groups is 1. The number of amides is 1. The van der Waals surface area contributed by atoms with Crippen LogP contribution in [0.2, 0.25) is 5.02 Å². The lowest BCUT2D eigenvalue weighted by Gasteiger charge is -2.24. The van der Waals surface area contributed by atoms with E-state index in [-0.39, 0.29) is 26.9 Å². The highest BCUT2D eigenvalue weighted by Crippen LogP contribution is 2.26. The van der Waals surface area contributed by atoms with Gasteiger partial charge in [-0.25, -0.2) is 21.2 Å². The van der Waals surface area contributed by atoms with Crippen molar-refractivity contribution in [1.29, 1.82) is 0 Å². The minimum Gasteiger partial charge on any atom is -0.497 e. The molecule has 0 fully saturated rings. The van der Waals surface area contributed by atoms with Crippen molar-refractivity contribution in [1.82, 2.24) is 0 Å². The van der Waals surface area contributed by atoms with Gasteiger partial charge in [0.25, 0.3) is 20.0 Å². The molecule has 4 rings (SSSR count). The maximum atomic E-state index is 13.4. The fraction of sp³-hybridized carbons (Fsp3) is 0.0741. The largest absolute Gasteiger partial charge is 0.497 e. The van der Waals surface area contributed by atoms with Crippen molar-refractivity contribution in [3.05, 3.63) is 108 Å². The van der Waals surface area contributed by atoms with Gasteiger partial charge in [-0.1, -0.05) is 17.7 Å². The number of methoxy groups -OCH3 is 1. The Hall–Kier alpha value is -4.13. The molecule has 9 nitrogen and oxygen atoms in total. The second kappa shape index (κ2) is 11.9. The van der Waals surface area contributed by atoms with Crippen molar-refractivity contribution in [2.75, 3.05) is 28.0 Å². The van der Waals surface area contributed by atoms with Crippen LogP contribution >= 0.6 is 11.6 Å². The standard InChI is InChI=1S/C27H23ClFN3O6S2/c1-38-24-11-9-23(10-12-24)32(40(36,37)26-13-5-20(29)6-14-26)18-27(33)30-21-7-15-25(16-8-21)39(34,35)31-22-4-2-3-19(28)17-22/h2-17,31H,18H2,1H3,(H,30,33). The summed E-state index contributed by atoms with van der Waals surface area (Å²) in [4.78, 5) is 12.7. The van der Waals surface area contributed by atoms with E-state index in [4.69, 9.17) is 16.3 Å². The molecule has 4 aromatic rings. The summed E-state index contributed by atoms with van der Waals surface area (Å²) in [6.07, 6.45) is 0. The van der Waals surface area contributed by atoms with Crippen LogP contribution in [0, 0.1) is 5.82 Å². The molecular formula is C27H23ClFN3O6S2. The number of halogens is 2. The van der Waals surface area contributed by atoms with Crippen molar-refractivity contribution in [3.8, 4) is 5.75 Å². The molecule has 208 valence electrons. The summed E-state index contributed by atoms with van der Waals surface area (Å²) >= 11 is 5.91. The van der Waals surface area contributed by atoms with Gasteiger partial charge in [-0.3, -0.25) is 13.8 Å². The van der Waals surface area contributed by atoms with E-state index in [1.54, 1.807) is 18.2 Å². The van der Waals surface area contributed by atoms with Gasteiger partial charge in [-0.15, -0.1) is 0 Å². The average molecular weight is 604 g/mol. The van der Waals surface area contributed by atoms with E-state index in [2.05, 4.69) is 10.0 Å². The Morgan fingerprint density at radius 2 is 1.48 bits per heavy atom. The Kier molecular flexibility index (Phi) is 8.62. The summed E-state index contributed by atoms with van der Waals surface area (Å²) in [7, 11) is -6.75. The topological polar surface area (TPSA) is 122 Å². The molecule has 0 aliphatic rings. The van der Waals surface area contributed by atoms with Gasteiger partial charge in [-0.2, -0.15) is 0 Å². The summed E-state index contributed by atoms with van der Waals surface area (Å²) in [6.45, 7) is -0.623. The van der Waals surface area contributed by atoms with E-state index in [0.717, 1.165) is 28.6 Å². The van der Waals surface area contributed by atoms with Gasteiger partial charge in [0, 0.05) is 10.7 Å². The van der Waals surface area contributed by atoms with Crippen LogP contribution in [0.25, 0.3) is 0 Å². The first-order valence-electron chi connectivity index (χ1n) is 11.6. The number of nitrogens with zero attached hydrogens (tertiary/aromatic N) is 1. The van der Waals surface area contributed by atoms with Crippen LogP contribution < -0.4 is 19.1 Å². The lowest BCUT2D eigenvalue weighted by Crippen LogP contribution is -2.38. The molecule has 4 aromatic carbocycles. The molecule has 0 radical (unpaired) electrons. The Morgan fingerprint density at radius 1 is 0.850 bits per heavy atom. The van der Waals surface area contributed by atoms with Crippen LogP contribution in [-0.2, 0) is 24.8 Å². The zero-order valence-electron chi connectivity index (χ0n) is 20.9. The molecule has 13 heteroatoms. The Morgan fingerprint density at radius 3 is 2.08 bits per heavy atom. The third-order valence-corrected chi connectivity index (χ3v) is 8.99. The van der Waals surface area contributed by atoms with Gasteiger partial charge in [-0.05, 0) is 91.0 Å². The molecule has 0 saturated heterocycles. The molecule has 0 heterocycles. The molecule has 0 atom stereocenters. The van der Waals surface area contributed by atoms with E-state index in [1.165, 1.54) is 61.7 Å². The number of sulfonamides is 2. The lowest BCUT2D eigenvalue weighted by molar-refractivity contribution is -0.114. The van der Waals surface area contributed by atoms with E-state index >= 15 is 0 Å². The highest BCUT2D eigenvalue weighted by Gasteiger charge is 2.27. The molecule has 0 saturated carbocycles. The van der Waals surface area contributed by atoms with Crippen LogP contribution in [0.15, 0.2) is 107 Å². The number of hydrogen-bond acceptors (Lipinski definition) is 6. The molecule has 0 aliphatic carbocycles. The predicted octanol–water partition coefficient (Wildman–Crippen LogP) is 5.12. The number of carbonyl (C=O) groups excluding carboxylic acids is 1. The lowest BCUT2D eigenvalue weighted by atomic mass is 10.3. The second-order valence-corrected chi connectivity index (χ2v) is 12.3. The number of rotatable bonds is 10. The van der Waals surface area contributed by atoms with E-state index in [0.29, 0.717) is 10.8 Å². The first-order valence-corrected chi connectivity index (χ1v) is 14.9. The van der Waals surface area contributed by atoms with Crippen molar-refractivity contribution in [2.45, 2.75) is 9.79 Å². The summed E-state index contributed by atoms with van der Waals surface area (Å²) in [5, 5.41) is 2.94. The van der Waals surface area contributed by atoms with Crippen LogP contribution in [0.5, 0.6) is 5.75 Å². The Bertz CT molecular complexity index is 1720. The summed E-state index contributed by atoms with van der Waals surface area (Å²) in [5.74, 6) is -0.831. The normalized spacial score (nSPS) is 11.5. The Labute approximate surface area is 236 Å². The number of benzene rings is 4. The minimum atomic E-state index is -4.27. The van der Waals surface area contributed by atoms with E-state index < -0.39 is 38.3 Å². The smallest absolute Gasteiger partial charge is 0.264 e. The van der Waals surface area contributed by atoms with Gasteiger partial charge in [0.2, 0.25) is 5.91 Å². The molecule has 0 aromatic heterocycles. The molecule has 0 spiro atoms. The average Bonchev–Trinajstić information content (AvgIpc) is 2.92. The minimum absolute atomic E-state index is 0.0655. The molecular weight excluding hydrogens is 581 g/mol. The van der Waals surface area contributed by atoms with Crippen LogP contribution in [0.1, 0.15) is 0 Å². The van der Waals surface area contributed by atoms with Crippen LogP contribution in [0.4, 0.5) is 21.5 Å². The van der Waals surface area contributed by atoms with Crippen molar-refractivity contribution in [3.63, 3.8) is 0 Å². The third-order valence-electron chi connectivity index (χ3n) is 5.57. The van der Waals surface area contributed by atoms with Gasteiger partial charge in [0.15, 0.2) is 0 Å². The zero-order valence-corrected chi connectivity index (χ0v) is 23.3. The van der Waals surface area contributed by atoms with Crippen LogP contribution in [-0.4, -0.2) is 36.4 Å². The number of nitrogens with one attached hydrogen (secondary N) is 2. The number of ether oxygens (including phenoxy) is 1. The number of hydrogen-bond donors (Lipinski definition) is 2. The first kappa shape index (κ1) is 28.9. The maximum absolute atomic E-state index is 13.4. The maximum Gasteiger partial charge on any atom is 0.264 e. The first-order chi connectivity index (χ1) is 19.0. The van der Waals surface area contributed by atoms with Gasteiger partial charge in [0.05, 0.1) is 28.3 Å².